The third-order valence-electron chi connectivity index (χ3n) is 4.94. The number of hydrogen-bond acceptors (Lipinski definition) is 6. The van der Waals surface area contributed by atoms with E-state index in [1.54, 1.807) is 4.90 Å². The average molecular weight is 443 g/mol. The number of halogens is 4. The number of benzene rings is 2. The number of rotatable bonds is 7. The maximum atomic E-state index is 12.9. The summed E-state index contributed by atoms with van der Waals surface area (Å²) in [5, 5.41) is 21.5. The second kappa shape index (κ2) is 9.48. The van der Waals surface area contributed by atoms with Gasteiger partial charge in [0, 0.05) is 38.8 Å². The van der Waals surface area contributed by atoms with Crippen molar-refractivity contribution in [1.82, 2.24) is 4.90 Å². The molecule has 11 heteroatoms. The molecule has 0 amide bonds. The first-order valence-corrected chi connectivity index (χ1v) is 9.53. The number of β-amino-alcohol motifs (C(OH)–C–C–N with tert-alkyl or cyclic N) is 1. The lowest BCUT2D eigenvalue weighted by Gasteiger charge is -2.36. The average Bonchev–Trinajstić information content (AvgIpc) is 2.73. The zero-order valence-electron chi connectivity index (χ0n) is 16.4. The predicted molar refractivity (Wildman–Crippen MR) is 105 cm³/mol. The lowest BCUT2D eigenvalue weighted by atomic mass is 10.1. The maximum Gasteiger partial charge on any atom is 0.416 e. The molecule has 0 aliphatic carbocycles. The fourth-order valence-corrected chi connectivity index (χ4v) is 3.36. The van der Waals surface area contributed by atoms with Gasteiger partial charge in [0.1, 0.15) is 30.0 Å². The van der Waals surface area contributed by atoms with Gasteiger partial charge in [-0.2, -0.15) is 13.2 Å². The van der Waals surface area contributed by atoms with Crippen molar-refractivity contribution in [3.63, 3.8) is 0 Å². The fourth-order valence-electron chi connectivity index (χ4n) is 3.36. The molecule has 2 aromatic carbocycles. The Bertz CT molecular complexity index is 900. The van der Waals surface area contributed by atoms with E-state index in [1.165, 1.54) is 24.3 Å². The standard InChI is InChI=1S/C20H21F4N3O4/c21-15-2-4-17(5-3-15)31-13-16(28)12-25-7-9-26(10-8-25)18-6-1-14(20(22,23)24)11-19(18)27(29)30/h1-6,11,16,28H,7-10,12-13H2. The van der Waals surface area contributed by atoms with Crippen LogP contribution in [0.25, 0.3) is 0 Å². The van der Waals surface area contributed by atoms with Crippen molar-refractivity contribution in [2.75, 3.05) is 44.2 Å². The van der Waals surface area contributed by atoms with Crippen LogP contribution in [-0.2, 0) is 6.18 Å². The summed E-state index contributed by atoms with van der Waals surface area (Å²) < 4.78 is 56.9. The van der Waals surface area contributed by atoms with E-state index in [4.69, 9.17) is 4.74 Å². The molecule has 0 saturated carbocycles. The predicted octanol–water partition coefficient (Wildman–Crippen LogP) is 3.31. The molecule has 3 rings (SSSR count). The SMILES string of the molecule is O=[N+]([O-])c1cc(C(F)(F)F)ccc1N1CCN(CC(O)COc2ccc(F)cc2)CC1. The summed E-state index contributed by atoms with van der Waals surface area (Å²) in [6, 6.07) is 7.93. The van der Waals surface area contributed by atoms with Gasteiger partial charge >= 0.3 is 6.18 Å². The van der Waals surface area contributed by atoms with Gasteiger partial charge in [-0.15, -0.1) is 0 Å². The second-order valence-electron chi connectivity index (χ2n) is 7.16. The van der Waals surface area contributed by atoms with E-state index in [-0.39, 0.29) is 18.1 Å². The van der Waals surface area contributed by atoms with E-state index in [9.17, 15) is 32.8 Å². The minimum Gasteiger partial charge on any atom is -0.491 e. The van der Waals surface area contributed by atoms with Gasteiger partial charge in [-0.3, -0.25) is 15.0 Å². The van der Waals surface area contributed by atoms with Crippen molar-refractivity contribution < 1.29 is 32.3 Å². The maximum absolute atomic E-state index is 12.9. The van der Waals surface area contributed by atoms with Gasteiger partial charge in [0.05, 0.1) is 10.5 Å². The van der Waals surface area contributed by atoms with E-state index >= 15 is 0 Å². The summed E-state index contributed by atoms with van der Waals surface area (Å²) in [4.78, 5) is 14.1. The lowest BCUT2D eigenvalue weighted by Crippen LogP contribution is -2.49. The van der Waals surface area contributed by atoms with Crippen LogP contribution in [0.4, 0.5) is 28.9 Å². The van der Waals surface area contributed by atoms with Crippen LogP contribution in [0.5, 0.6) is 5.75 Å². The Morgan fingerprint density at radius 1 is 1.10 bits per heavy atom. The van der Waals surface area contributed by atoms with Crippen LogP contribution in [0.15, 0.2) is 42.5 Å². The van der Waals surface area contributed by atoms with E-state index < -0.39 is 28.5 Å². The van der Waals surface area contributed by atoms with Crippen molar-refractivity contribution in [2.45, 2.75) is 12.3 Å². The molecule has 1 saturated heterocycles. The molecule has 1 aliphatic heterocycles. The van der Waals surface area contributed by atoms with Crippen LogP contribution >= 0.6 is 0 Å². The Balaban J connectivity index is 1.54. The number of nitrogens with zero attached hydrogens (tertiary/aromatic N) is 3. The van der Waals surface area contributed by atoms with Crippen molar-refractivity contribution >= 4 is 11.4 Å². The fraction of sp³-hybridized carbons (Fsp3) is 0.400. The van der Waals surface area contributed by atoms with Crippen molar-refractivity contribution in [1.29, 1.82) is 0 Å². The first kappa shape index (κ1) is 22.8. The molecule has 31 heavy (non-hydrogen) atoms. The minimum atomic E-state index is -4.66. The number of nitro groups is 1. The largest absolute Gasteiger partial charge is 0.491 e. The molecule has 1 aliphatic rings. The summed E-state index contributed by atoms with van der Waals surface area (Å²) >= 11 is 0. The van der Waals surface area contributed by atoms with Gasteiger partial charge in [0.15, 0.2) is 0 Å². The first-order chi connectivity index (χ1) is 14.6. The molecule has 168 valence electrons. The lowest BCUT2D eigenvalue weighted by molar-refractivity contribution is -0.384. The summed E-state index contributed by atoms with van der Waals surface area (Å²) in [5.74, 6) is 0.0407. The Morgan fingerprint density at radius 3 is 2.32 bits per heavy atom. The molecule has 0 radical (unpaired) electrons. The van der Waals surface area contributed by atoms with Crippen molar-refractivity contribution in [3.05, 3.63) is 64.0 Å². The monoisotopic (exact) mass is 443 g/mol. The highest BCUT2D eigenvalue weighted by Crippen LogP contribution is 2.36. The highest BCUT2D eigenvalue weighted by atomic mass is 19.4. The summed E-state index contributed by atoms with van der Waals surface area (Å²) in [5.41, 5.74) is -1.51. The molecule has 1 fully saturated rings. The molecule has 1 atom stereocenters. The number of aliphatic hydroxyl groups is 1. The highest BCUT2D eigenvalue weighted by molar-refractivity contribution is 5.65. The number of alkyl halides is 3. The third-order valence-corrected chi connectivity index (χ3v) is 4.94. The Labute approximate surface area is 175 Å². The molecule has 1 heterocycles. The van der Waals surface area contributed by atoms with Crippen molar-refractivity contribution in [2.24, 2.45) is 0 Å². The Morgan fingerprint density at radius 2 is 1.74 bits per heavy atom. The normalized spacial score (nSPS) is 16.2. The molecule has 1 unspecified atom stereocenters. The second-order valence-corrected chi connectivity index (χ2v) is 7.16. The first-order valence-electron chi connectivity index (χ1n) is 9.53. The van der Waals surface area contributed by atoms with Crippen LogP contribution in [0.1, 0.15) is 5.56 Å². The number of aliphatic hydroxyl groups excluding tert-OH is 1. The number of anilines is 1. The van der Waals surface area contributed by atoms with Crippen LogP contribution < -0.4 is 9.64 Å². The van der Waals surface area contributed by atoms with Gasteiger partial charge in [-0.25, -0.2) is 4.39 Å². The molecular formula is C20H21F4N3O4. The molecule has 0 bridgehead atoms. The minimum absolute atomic E-state index is 0.0101. The molecular weight excluding hydrogens is 422 g/mol. The molecule has 7 nitrogen and oxygen atoms in total. The molecule has 2 aromatic rings. The van der Waals surface area contributed by atoms with Gasteiger partial charge in [-0.05, 0) is 36.4 Å². The van der Waals surface area contributed by atoms with Crippen molar-refractivity contribution in [3.8, 4) is 5.75 Å². The smallest absolute Gasteiger partial charge is 0.416 e. The van der Waals surface area contributed by atoms with E-state index in [0.29, 0.717) is 44.5 Å². The molecule has 0 spiro atoms. The summed E-state index contributed by atoms with van der Waals surface area (Å²) in [7, 11) is 0. The molecule has 1 N–H and O–H groups in total. The van der Waals surface area contributed by atoms with E-state index in [2.05, 4.69) is 0 Å². The topological polar surface area (TPSA) is 79.1 Å². The highest BCUT2D eigenvalue weighted by Gasteiger charge is 2.34. The summed E-state index contributed by atoms with van der Waals surface area (Å²) in [6.07, 6.45) is -5.47. The summed E-state index contributed by atoms with van der Waals surface area (Å²) in [6.45, 7) is 1.95. The van der Waals surface area contributed by atoms with Gasteiger partial charge < -0.3 is 14.7 Å². The number of nitro benzene ring substituents is 1. The van der Waals surface area contributed by atoms with E-state index in [0.717, 1.165) is 12.1 Å². The zero-order chi connectivity index (χ0) is 22.6. The van der Waals surface area contributed by atoms with Gasteiger partial charge in [0.2, 0.25) is 0 Å². The number of ether oxygens (including phenoxy) is 1. The molecule has 0 aromatic heterocycles. The van der Waals surface area contributed by atoms with Crippen LogP contribution in [0, 0.1) is 15.9 Å². The number of piperazine rings is 1. The van der Waals surface area contributed by atoms with Crippen LogP contribution in [0.3, 0.4) is 0 Å². The Hall–Kier alpha value is -2.92. The zero-order valence-corrected chi connectivity index (χ0v) is 16.4. The van der Waals surface area contributed by atoms with E-state index in [1.807, 2.05) is 4.90 Å². The Kier molecular flexibility index (Phi) is 6.96. The van der Waals surface area contributed by atoms with Crippen LogP contribution in [-0.4, -0.2) is 60.4 Å². The van der Waals surface area contributed by atoms with Gasteiger partial charge in [0.25, 0.3) is 5.69 Å². The van der Waals surface area contributed by atoms with Crippen LogP contribution in [0.2, 0.25) is 0 Å². The quantitative estimate of drug-likeness (QED) is 0.402. The van der Waals surface area contributed by atoms with Gasteiger partial charge in [-0.1, -0.05) is 0 Å². The third kappa shape index (κ3) is 6.05. The number of hydrogen-bond donors (Lipinski definition) is 1.